The Morgan fingerprint density at radius 1 is 1.28 bits per heavy atom. The van der Waals surface area contributed by atoms with Crippen LogP contribution in [-0.2, 0) is 11.4 Å². The molecule has 0 bridgehead atoms. The second kappa shape index (κ2) is 8.52. The highest BCUT2D eigenvalue weighted by molar-refractivity contribution is 5.85. The number of nitriles is 1. The van der Waals surface area contributed by atoms with Gasteiger partial charge in [0.15, 0.2) is 0 Å². The predicted octanol–water partition coefficient (Wildman–Crippen LogP) is 2.49. The topological polar surface area (TPSA) is 88.1 Å². The summed E-state index contributed by atoms with van der Waals surface area (Å²) in [6.07, 6.45) is 1.02. The molecule has 1 saturated carbocycles. The number of nitrogens with zero attached hydrogens (tertiary/aromatic N) is 1. The van der Waals surface area contributed by atoms with Crippen molar-refractivity contribution in [2.24, 2.45) is 5.73 Å². The maximum absolute atomic E-state index is 10.8. The van der Waals surface area contributed by atoms with Crippen molar-refractivity contribution in [1.29, 1.82) is 5.26 Å². The average molecular weight is 358 g/mol. The summed E-state index contributed by atoms with van der Waals surface area (Å²) in [6, 6.07) is 17.9. The van der Waals surface area contributed by atoms with E-state index in [1.54, 1.807) is 6.07 Å². The van der Waals surface area contributed by atoms with Gasteiger partial charge in [-0.1, -0.05) is 24.3 Å². The van der Waals surface area contributed by atoms with Crippen LogP contribution in [0.25, 0.3) is 0 Å². The summed E-state index contributed by atoms with van der Waals surface area (Å²) in [6.45, 7) is 0.658. The van der Waals surface area contributed by atoms with Gasteiger partial charge in [0.05, 0.1) is 18.2 Å². The second-order valence-electron chi connectivity index (χ2n) is 5.97. The summed E-state index contributed by atoms with van der Waals surface area (Å²) in [5.74, 6) is 0.902. The number of amides is 1. The van der Waals surface area contributed by atoms with Gasteiger partial charge >= 0.3 is 0 Å². The number of halogens is 1. The van der Waals surface area contributed by atoms with Crippen LogP contribution in [0.5, 0.6) is 5.75 Å². The van der Waals surface area contributed by atoms with Crippen LogP contribution in [-0.4, -0.2) is 18.5 Å². The fourth-order valence-corrected chi connectivity index (χ4v) is 2.73. The summed E-state index contributed by atoms with van der Waals surface area (Å²) in [5.41, 5.74) is 7.97. The molecule has 1 aliphatic carbocycles. The fraction of sp³-hybridized carbons (Fsp3) is 0.263. The number of nitrogens with one attached hydrogen (secondary N) is 1. The lowest BCUT2D eigenvalue weighted by Gasteiger charge is -2.08. The molecule has 0 aliphatic heterocycles. The molecule has 0 saturated heterocycles. The van der Waals surface area contributed by atoms with E-state index in [0.29, 0.717) is 24.1 Å². The summed E-state index contributed by atoms with van der Waals surface area (Å²) in [4.78, 5) is 10.8. The molecular formula is C19H20ClN3O2. The minimum atomic E-state index is -0.329. The van der Waals surface area contributed by atoms with Gasteiger partial charge in [-0.2, -0.15) is 5.26 Å². The van der Waals surface area contributed by atoms with Gasteiger partial charge in [0, 0.05) is 12.0 Å². The Labute approximate surface area is 153 Å². The minimum absolute atomic E-state index is 0. The second-order valence-corrected chi connectivity index (χ2v) is 5.97. The highest BCUT2D eigenvalue weighted by atomic mass is 35.5. The summed E-state index contributed by atoms with van der Waals surface area (Å²) < 4.78 is 5.77. The van der Waals surface area contributed by atoms with E-state index in [1.165, 1.54) is 5.56 Å². The Morgan fingerprint density at radius 3 is 2.72 bits per heavy atom. The smallest absolute Gasteiger partial charge is 0.231 e. The maximum Gasteiger partial charge on any atom is 0.231 e. The number of hydrogen-bond acceptors (Lipinski definition) is 4. The molecule has 2 atom stereocenters. The SMILES string of the molecule is Cl.N#Cc1cccc(COc2ccc([C@@H]3C[C@H]3NCC(N)=O)cc2)c1. The lowest BCUT2D eigenvalue weighted by Crippen LogP contribution is -2.30. The molecular weight excluding hydrogens is 338 g/mol. The van der Waals surface area contributed by atoms with Gasteiger partial charge in [-0.05, 0) is 41.8 Å². The molecule has 5 nitrogen and oxygen atoms in total. The van der Waals surface area contributed by atoms with E-state index >= 15 is 0 Å². The number of ether oxygens (including phenoxy) is 1. The number of nitrogens with two attached hydrogens (primary N) is 1. The number of hydrogen-bond donors (Lipinski definition) is 2. The Hall–Kier alpha value is -2.55. The van der Waals surface area contributed by atoms with Crippen LogP contribution in [0.3, 0.4) is 0 Å². The highest BCUT2D eigenvalue weighted by Crippen LogP contribution is 2.41. The Kier molecular flexibility index (Phi) is 6.40. The van der Waals surface area contributed by atoms with Crippen molar-refractivity contribution < 1.29 is 9.53 Å². The van der Waals surface area contributed by atoms with E-state index in [2.05, 4.69) is 23.5 Å². The molecule has 2 aromatic carbocycles. The van der Waals surface area contributed by atoms with Crippen molar-refractivity contribution in [1.82, 2.24) is 5.32 Å². The van der Waals surface area contributed by atoms with Gasteiger partial charge in [-0.25, -0.2) is 0 Å². The molecule has 3 N–H and O–H groups in total. The Morgan fingerprint density at radius 2 is 2.04 bits per heavy atom. The fourth-order valence-electron chi connectivity index (χ4n) is 2.73. The Balaban J connectivity index is 0.00000225. The van der Waals surface area contributed by atoms with Gasteiger partial charge in [0.25, 0.3) is 0 Å². The standard InChI is InChI=1S/C19H19N3O2.ClH/c20-10-13-2-1-3-14(8-13)12-24-16-6-4-15(5-7-16)17-9-18(17)22-11-19(21)23;/h1-8,17-18,22H,9,11-12H2,(H2,21,23);1H/t17-,18+;/m0./s1. The lowest BCUT2D eigenvalue weighted by atomic mass is 10.1. The normalized spacial score (nSPS) is 17.9. The number of benzene rings is 2. The molecule has 6 heteroatoms. The molecule has 3 rings (SSSR count). The van der Waals surface area contributed by atoms with E-state index in [0.717, 1.165) is 17.7 Å². The van der Waals surface area contributed by atoms with E-state index in [4.69, 9.17) is 15.7 Å². The molecule has 1 fully saturated rings. The third kappa shape index (κ3) is 5.21. The zero-order valence-corrected chi connectivity index (χ0v) is 14.5. The molecule has 25 heavy (non-hydrogen) atoms. The highest BCUT2D eigenvalue weighted by Gasteiger charge is 2.37. The van der Waals surface area contributed by atoms with E-state index in [9.17, 15) is 4.79 Å². The maximum atomic E-state index is 10.8. The molecule has 0 spiro atoms. The molecule has 0 unspecified atom stereocenters. The van der Waals surface area contributed by atoms with Crippen LogP contribution in [0, 0.1) is 11.3 Å². The van der Waals surface area contributed by atoms with Gasteiger partial charge < -0.3 is 15.8 Å². The number of rotatable bonds is 7. The third-order valence-electron chi connectivity index (χ3n) is 4.10. The quantitative estimate of drug-likeness (QED) is 0.796. The van der Waals surface area contributed by atoms with Crippen LogP contribution >= 0.6 is 12.4 Å². The zero-order chi connectivity index (χ0) is 16.9. The van der Waals surface area contributed by atoms with Crippen molar-refractivity contribution in [3.63, 3.8) is 0 Å². The van der Waals surface area contributed by atoms with Gasteiger partial charge in [0.2, 0.25) is 5.91 Å². The van der Waals surface area contributed by atoms with E-state index in [1.807, 2.05) is 30.3 Å². The first-order chi connectivity index (χ1) is 11.7. The number of carbonyl (C=O) groups excluding carboxylic acids is 1. The van der Waals surface area contributed by atoms with Crippen molar-refractivity contribution in [2.75, 3.05) is 6.54 Å². The molecule has 2 aromatic rings. The van der Waals surface area contributed by atoms with E-state index < -0.39 is 0 Å². The molecule has 0 aromatic heterocycles. The van der Waals surface area contributed by atoms with Crippen LogP contribution in [0.2, 0.25) is 0 Å². The van der Waals surface area contributed by atoms with Gasteiger partial charge in [0.1, 0.15) is 12.4 Å². The summed E-state index contributed by atoms with van der Waals surface area (Å²) >= 11 is 0. The van der Waals surface area contributed by atoms with Crippen molar-refractivity contribution in [2.45, 2.75) is 25.0 Å². The van der Waals surface area contributed by atoms with Gasteiger partial charge in [-0.3, -0.25) is 4.79 Å². The largest absolute Gasteiger partial charge is 0.489 e. The first-order valence-electron chi connectivity index (χ1n) is 7.89. The molecule has 0 radical (unpaired) electrons. The number of carbonyl (C=O) groups is 1. The zero-order valence-electron chi connectivity index (χ0n) is 13.6. The predicted molar refractivity (Wildman–Crippen MR) is 97.5 cm³/mol. The van der Waals surface area contributed by atoms with Crippen LogP contribution in [0.1, 0.15) is 29.0 Å². The molecule has 0 heterocycles. The first kappa shape index (κ1) is 18.8. The van der Waals surface area contributed by atoms with E-state index in [-0.39, 0.29) is 24.9 Å². The lowest BCUT2D eigenvalue weighted by molar-refractivity contribution is -0.117. The Bertz CT molecular complexity index is 771. The van der Waals surface area contributed by atoms with Crippen molar-refractivity contribution >= 4 is 18.3 Å². The molecule has 1 aliphatic rings. The number of primary amides is 1. The molecule has 130 valence electrons. The average Bonchev–Trinajstić information content (AvgIpc) is 3.38. The van der Waals surface area contributed by atoms with Crippen LogP contribution in [0.4, 0.5) is 0 Å². The first-order valence-corrected chi connectivity index (χ1v) is 7.89. The van der Waals surface area contributed by atoms with Crippen LogP contribution in [0.15, 0.2) is 48.5 Å². The monoisotopic (exact) mass is 357 g/mol. The van der Waals surface area contributed by atoms with Crippen molar-refractivity contribution in [3.8, 4) is 11.8 Å². The molecule has 1 amide bonds. The van der Waals surface area contributed by atoms with Gasteiger partial charge in [-0.15, -0.1) is 12.4 Å². The van der Waals surface area contributed by atoms with Crippen LogP contribution < -0.4 is 15.8 Å². The van der Waals surface area contributed by atoms with Crippen molar-refractivity contribution in [3.05, 3.63) is 65.2 Å². The summed E-state index contributed by atoms with van der Waals surface area (Å²) in [7, 11) is 0. The summed E-state index contributed by atoms with van der Waals surface area (Å²) in [5, 5.41) is 12.0. The third-order valence-corrected chi connectivity index (χ3v) is 4.10. The minimum Gasteiger partial charge on any atom is -0.489 e.